The van der Waals surface area contributed by atoms with E-state index in [0.717, 1.165) is 17.1 Å². The summed E-state index contributed by atoms with van der Waals surface area (Å²) in [5, 5.41) is 9.51. The SMILES string of the molecule is CC(C)n1cc(CN)nc1-c1cccc(O)c1. The van der Waals surface area contributed by atoms with Crippen molar-refractivity contribution in [3.8, 4) is 17.1 Å². The molecule has 0 fully saturated rings. The Morgan fingerprint density at radius 1 is 1.41 bits per heavy atom. The van der Waals surface area contributed by atoms with Crippen molar-refractivity contribution in [3.05, 3.63) is 36.2 Å². The van der Waals surface area contributed by atoms with E-state index in [-0.39, 0.29) is 5.75 Å². The van der Waals surface area contributed by atoms with Crippen LogP contribution in [0.3, 0.4) is 0 Å². The number of phenolic OH excluding ortho intramolecular Hbond substituents is 1. The molecule has 0 spiro atoms. The van der Waals surface area contributed by atoms with Crippen LogP contribution in [0, 0.1) is 0 Å². The summed E-state index contributed by atoms with van der Waals surface area (Å²) in [6.07, 6.45) is 1.96. The van der Waals surface area contributed by atoms with E-state index in [1.165, 1.54) is 0 Å². The standard InChI is InChI=1S/C13H17N3O/c1-9(2)16-8-11(7-14)15-13(16)10-4-3-5-12(17)6-10/h3-6,8-9,17H,7,14H2,1-2H3. The summed E-state index contributed by atoms with van der Waals surface area (Å²) in [6.45, 7) is 4.61. The maximum absolute atomic E-state index is 9.51. The highest BCUT2D eigenvalue weighted by molar-refractivity contribution is 5.58. The monoisotopic (exact) mass is 231 g/mol. The number of hydrogen-bond acceptors (Lipinski definition) is 3. The van der Waals surface area contributed by atoms with Gasteiger partial charge in [-0.2, -0.15) is 0 Å². The molecule has 0 aliphatic carbocycles. The lowest BCUT2D eigenvalue weighted by Gasteiger charge is -2.11. The molecule has 3 N–H and O–H groups in total. The topological polar surface area (TPSA) is 64.1 Å². The quantitative estimate of drug-likeness (QED) is 0.851. The fourth-order valence-corrected chi connectivity index (χ4v) is 1.79. The van der Waals surface area contributed by atoms with Crippen molar-refractivity contribution in [3.63, 3.8) is 0 Å². The average molecular weight is 231 g/mol. The van der Waals surface area contributed by atoms with Crippen molar-refractivity contribution < 1.29 is 5.11 Å². The van der Waals surface area contributed by atoms with Crippen LogP contribution in [-0.4, -0.2) is 14.7 Å². The Morgan fingerprint density at radius 3 is 2.76 bits per heavy atom. The third-order valence-electron chi connectivity index (χ3n) is 2.65. The first-order valence-electron chi connectivity index (χ1n) is 5.69. The predicted molar refractivity (Wildman–Crippen MR) is 67.6 cm³/mol. The normalized spacial score (nSPS) is 11.1. The molecule has 1 aromatic heterocycles. The minimum Gasteiger partial charge on any atom is -0.508 e. The molecule has 2 rings (SSSR count). The zero-order valence-electron chi connectivity index (χ0n) is 10.1. The lowest BCUT2D eigenvalue weighted by Crippen LogP contribution is -2.01. The van der Waals surface area contributed by atoms with Gasteiger partial charge in [0.15, 0.2) is 0 Å². The van der Waals surface area contributed by atoms with Crippen LogP contribution >= 0.6 is 0 Å². The summed E-state index contributed by atoms with van der Waals surface area (Å²) in [6, 6.07) is 7.41. The average Bonchev–Trinajstić information content (AvgIpc) is 2.73. The third kappa shape index (κ3) is 2.31. The summed E-state index contributed by atoms with van der Waals surface area (Å²) in [4.78, 5) is 4.49. The van der Waals surface area contributed by atoms with Gasteiger partial charge in [-0.1, -0.05) is 12.1 Å². The molecule has 1 aromatic carbocycles. The molecule has 0 saturated carbocycles. The molecule has 0 bridgehead atoms. The second-order valence-corrected chi connectivity index (χ2v) is 4.31. The van der Waals surface area contributed by atoms with Crippen molar-refractivity contribution in [2.45, 2.75) is 26.4 Å². The van der Waals surface area contributed by atoms with Gasteiger partial charge >= 0.3 is 0 Å². The number of phenols is 1. The smallest absolute Gasteiger partial charge is 0.140 e. The first kappa shape index (κ1) is 11.7. The molecule has 4 heteroatoms. The van der Waals surface area contributed by atoms with Crippen LogP contribution in [0.1, 0.15) is 25.6 Å². The largest absolute Gasteiger partial charge is 0.508 e. The number of nitrogens with two attached hydrogens (primary N) is 1. The van der Waals surface area contributed by atoms with E-state index in [2.05, 4.69) is 23.4 Å². The van der Waals surface area contributed by atoms with Gasteiger partial charge < -0.3 is 15.4 Å². The predicted octanol–water partition coefficient (Wildman–Crippen LogP) is 2.30. The molecule has 0 saturated heterocycles. The van der Waals surface area contributed by atoms with Crippen molar-refractivity contribution in [2.75, 3.05) is 0 Å². The highest BCUT2D eigenvalue weighted by Crippen LogP contribution is 2.25. The molecule has 0 amide bonds. The van der Waals surface area contributed by atoms with Crippen molar-refractivity contribution in [2.24, 2.45) is 5.73 Å². The Balaban J connectivity index is 2.53. The van der Waals surface area contributed by atoms with Gasteiger partial charge in [-0.05, 0) is 26.0 Å². The van der Waals surface area contributed by atoms with E-state index in [9.17, 15) is 5.11 Å². The van der Waals surface area contributed by atoms with Crippen LogP contribution in [0.2, 0.25) is 0 Å². The van der Waals surface area contributed by atoms with Crippen LogP contribution in [0.5, 0.6) is 5.75 Å². The molecule has 0 unspecified atom stereocenters. The molecule has 2 aromatic rings. The Labute approximate surface area is 101 Å². The van der Waals surface area contributed by atoms with E-state index < -0.39 is 0 Å². The Bertz CT molecular complexity index is 517. The molecule has 90 valence electrons. The molecular weight excluding hydrogens is 214 g/mol. The highest BCUT2D eigenvalue weighted by Gasteiger charge is 2.11. The highest BCUT2D eigenvalue weighted by atomic mass is 16.3. The van der Waals surface area contributed by atoms with Gasteiger partial charge in [0.2, 0.25) is 0 Å². The third-order valence-corrected chi connectivity index (χ3v) is 2.65. The first-order valence-corrected chi connectivity index (χ1v) is 5.69. The Kier molecular flexibility index (Phi) is 3.15. The summed E-state index contributed by atoms with van der Waals surface area (Å²) in [5.41, 5.74) is 7.37. The number of aromatic nitrogens is 2. The Morgan fingerprint density at radius 2 is 2.18 bits per heavy atom. The van der Waals surface area contributed by atoms with Crippen molar-refractivity contribution in [1.29, 1.82) is 0 Å². The van der Waals surface area contributed by atoms with Gasteiger partial charge in [0.25, 0.3) is 0 Å². The van der Waals surface area contributed by atoms with E-state index >= 15 is 0 Å². The molecule has 0 aliphatic rings. The van der Waals surface area contributed by atoms with Crippen LogP contribution in [-0.2, 0) is 6.54 Å². The maximum atomic E-state index is 9.51. The summed E-state index contributed by atoms with van der Waals surface area (Å²) in [5.74, 6) is 1.09. The van der Waals surface area contributed by atoms with Gasteiger partial charge in [0.1, 0.15) is 11.6 Å². The van der Waals surface area contributed by atoms with Crippen molar-refractivity contribution >= 4 is 0 Å². The molecular formula is C13H17N3O. The zero-order chi connectivity index (χ0) is 12.4. The zero-order valence-corrected chi connectivity index (χ0v) is 10.1. The molecule has 0 radical (unpaired) electrons. The number of imidazole rings is 1. The van der Waals surface area contributed by atoms with Gasteiger partial charge in [-0.25, -0.2) is 4.98 Å². The summed E-state index contributed by atoms with van der Waals surface area (Å²) >= 11 is 0. The lowest BCUT2D eigenvalue weighted by atomic mass is 10.2. The van der Waals surface area contributed by atoms with E-state index in [1.807, 2.05) is 18.3 Å². The summed E-state index contributed by atoms with van der Waals surface area (Å²) in [7, 11) is 0. The van der Waals surface area contributed by atoms with Crippen LogP contribution in [0.15, 0.2) is 30.5 Å². The number of aromatic hydroxyl groups is 1. The minimum absolute atomic E-state index is 0.245. The summed E-state index contributed by atoms with van der Waals surface area (Å²) < 4.78 is 2.07. The fraction of sp³-hybridized carbons (Fsp3) is 0.308. The minimum atomic E-state index is 0.245. The first-order chi connectivity index (χ1) is 8.11. The second-order valence-electron chi connectivity index (χ2n) is 4.31. The molecule has 4 nitrogen and oxygen atoms in total. The van der Waals surface area contributed by atoms with Crippen LogP contribution in [0.25, 0.3) is 11.4 Å². The second kappa shape index (κ2) is 4.59. The molecule has 1 heterocycles. The van der Waals surface area contributed by atoms with Crippen molar-refractivity contribution in [1.82, 2.24) is 9.55 Å². The fourth-order valence-electron chi connectivity index (χ4n) is 1.79. The van der Waals surface area contributed by atoms with Gasteiger partial charge in [0, 0.05) is 24.3 Å². The van der Waals surface area contributed by atoms with E-state index in [1.54, 1.807) is 12.1 Å². The van der Waals surface area contributed by atoms with Crippen LogP contribution in [0.4, 0.5) is 0 Å². The number of benzene rings is 1. The van der Waals surface area contributed by atoms with Gasteiger partial charge in [-0.3, -0.25) is 0 Å². The Hall–Kier alpha value is -1.81. The number of hydrogen-bond donors (Lipinski definition) is 2. The maximum Gasteiger partial charge on any atom is 0.140 e. The van der Waals surface area contributed by atoms with Gasteiger partial charge in [0.05, 0.1) is 5.69 Å². The van der Waals surface area contributed by atoms with Crippen LogP contribution < -0.4 is 5.73 Å². The molecule has 0 aliphatic heterocycles. The van der Waals surface area contributed by atoms with E-state index in [0.29, 0.717) is 12.6 Å². The molecule has 17 heavy (non-hydrogen) atoms. The lowest BCUT2D eigenvalue weighted by molar-refractivity contribution is 0.475. The number of nitrogens with zero attached hydrogens (tertiary/aromatic N) is 2. The molecule has 0 atom stereocenters. The number of rotatable bonds is 3. The van der Waals surface area contributed by atoms with Gasteiger partial charge in [-0.15, -0.1) is 0 Å². The van der Waals surface area contributed by atoms with E-state index in [4.69, 9.17) is 5.73 Å².